The zero-order valence-corrected chi connectivity index (χ0v) is 24.5. The molecule has 4 heterocycles. The summed E-state index contributed by atoms with van der Waals surface area (Å²) in [5.41, 5.74) is 1.46. The molecule has 0 radical (unpaired) electrons. The number of benzene rings is 2. The highest BCUT2D eigenvalue weighted by atomic mass is 35.5. The van der Waals surface area contributed by atoms with E-state index in [0.29, 0.717) is 39.1 Å². The van der Waals surface area contributed by atoms with Crippen LogP contribution in [0.1, 0.15) is 57.0 Å². The Labute approximate surface area is 254 Å². The number of nitrogens with one attached hydrogen (secondary N) is 1. The van der Waals surface area contributed by atoms with Gasteiger partial charge in [-0.2, -0.15) is 4.68 Å². The van der Waals surface area contributed by atoms with Crippen molar-refractivity contribution in [2.45, 2.75) is 51.2 Å². The van der Waals surface area contributed by atoms with E-state index in [1.807, 2.05) is 0 Å². The molecule has 1 fully saturated rings. The van der Waals surface area contributed by atoms with Crippen molar-refractivity contribution in [2.75, 3.05) is 5.32 Å². The molecule has 0 unspecified atom stereocenters. The number of tetrazole rings is 1. The summed E-state index contributed by atoms with van der Waals surface area (Å²) >= 11 is 6.30. The van der Waals surface area contributed by atoms with Crippen LogP contribution in [-0.2, 0) is 4.74 Å². The molecule has 1 N–H and O–H groups in total. The number of ether oxygens (including phenoxy) is 1. The van der Waals surface area contributed by atoms with E-state index in [1.54, 1.807) is 43.5 Å². The minimum absolute atomic E-state index is 0.0264. The molecule has 3 aliphatic rings. The van der Waals surface area contributed by atoms with Crippen molar-refractivity contribution in [1.29, 1.82) is 0 Å². The molecular weight excluding hydrogens is 594 g/mol. The van der Waals surface area contributed by atoms with E-state index < -0.39 is 23.3 Å². The van der Waals surface area contributed by atoms with Crippen molar-refractivity contribution < 1.29 is 18.3 Å². The molecule has 3 atom stereocenters. The number of amides is 1. The summed E-state index contributed by atoms with van der Waals surface area (Å²) < 4.78 is 38.4. The fourth-order valence-electron chi connectivity index (χ4n) is 5.92. The second-order valence-electron chi connectivity index (χ2n) is 11.9. The van der Waals surface area contributed by atoms with Gasteiger partial charge in [-0.15, -0.1) is 5.10 Å². The third-order valence-corrected chi connectivity index (χ3v) is 8.06. The first kappa shape index (κ1) is 28.0. The SMILES string of the molecule is CC(C)(C)OC(=O)Nc1ccc(C2=CN=C([C@@H]3[C@H]4C[C@H]4c4nc(-c5cc(Cl)ccc5-n5cnnn5)cc(=O)n43)C2)c(F)c1F. The van der Waals surface area contributed by atoms with Gasteiger partial charge in [-0.05, 0) is 79.4 Å². The van der Waals surface area contributed by atoms with Gasteiger partial charge >= 0.3 is 6.09 Å². The first-order chi connectivity index (χ1) is 21.0. The lowest BCUT2D eigenvalue weighted by molar-refractivity contribution is 0.0635. The number of anilines is 1. The Balaban J connectivity index is 1.14. The zero-order chi connectivity index (χ0) is 30.9. The Kier molecular flexibility index (Phi) is 6.46. The van der Waals surface area contributed by atoms with Gasteiger partial charge in [0.25, 0.3) is 5.56 Å². The van der Waals surface area contributed by atoms with Gasteiger partial charge in [0.05, 0.1) is 23.1 Å². The second-order valence-corrected chi connectivity index (χ2v) is 12.4. The van der Waals surface area contributed by atoms with Crippen molar-refractivity contribution in [3.63, 3.8) is 0 Å². The maximum absolute atomic E-state index is 15.2. The van der Waals surface area contributed by atoms with Crippen LogP contribution in [0.25, 0.3) is 22.5 Å². The molecule has 11 nitrogen and oxygen atoms in total. The van der Waals surface area contributed by atoms with Crippen LogP contribution in [0.5, 0.6) is 0 Å². The Hall–Kier alpha value is -4.78. The van der Waals surface area contributed by atoms with E-state index in [2.05, 4.69) is 25.8 Å². The van der Waals surface area contributed by atoms with Crippen LogP contribution in [0.15, 0.2) is 58.7 Å². The van der Waals surface area contributed by atoms with Crippen molar-refractivity contribution >= 4 is 34.7 Å². The average Bonchev–Trinajstić information content (AvgIpc) is 3.30. The largest absolute Gasteiger partial charge is 0.444 e. The molecule has 1 amide bonds. The van der Waals surface area contributed by atoms with Crippen LogP contribution in [0.3, 0.4) is 0 Å². The number of halogens is 3. The van der Waals surface area contributed by atoms with Gasteiger partial charge in [-0.3, -0.25) is 19.7 Å². The van der Waals surface area contributed by atoms with Gasteiger partial charge in [0.2, 0.25) is 0 Å². The molecule has 14 heteroatoms. The van der Waals surface area contributed by atoms with Gasteiger partial charge in [-0.25, -0.2) is 18.6 Å². The van der Waals surface area contributed by atoms with Crippen molar-refractivity contribution in [2.24, 2.45) is 10.9 Å². The predicted molar refractivity (Wildman–Crippen MR) is 158 cm³/mol. The van der Waals surface area contributed by atoms with Crippen molar-refractivity contribution in [3.8, 4) is 16.9 Å². The normalized spacial score (nSPS) is 20.1. The van der Waals surface area contributed by atoms with Gasteiger partial charge in [0.1, 0.15) is 17.8 Å². The number of rotatable bonds is 5. The Morgan fingerprint density at radius 2 is 1.93 bits per heavy atom. The summed E-state index contributed by atoms with van der Waals surface area (Å²) in [6.45, 7) is 5.00. The Morgan fingerprint density at radius 3 is 2.68 bits per heavy atom. The quantitative estimate of drug-likeness (QED) is 0.303. The molecule has 1 saturated carbocycles. The maximum atomic E-state index is 15.2. The maximum Gasteiger partial charge on any atom is 0.412 e. The fraction of sp³-hybridized carbons (Fsp3) is 0.300. The van der Waals surface area contributed by atoms with Crippen molar-refractivity contribution in [1.82, 2.24) is 29.8 Å². The van der Waals surface area contributed by atoms with Crippen LogP contribution in [0.4, 0.5) is 19.3 Å². The van der Waals surface area contributed by atoms with Crippen LogP contribution in [-0.4, -0.2) is 47.2 Å². The summed E-state index contributed by atoms with van der Waals surface area (Å²) in [7, 11) is 0. The Bertz CT molecular complexity index is 1970. The van der Waals surface area contributed by atoms with E-state index in [0.717, 1.165) is 6.42 Å². The third-order valence-electron chi connectivity index (χ3n) is 7.83. The molecule has 1 aliphatic carbocycles. The summed E-state index contributed by atoms with van der Waals surface area (Å²) in [5.74, 6) is -1.47. The molecule has 7 rings (SSSR count). The van der Waals surface area contributed by atoms with E-state index in [9.17, 15) is 14.0 Å². The topological polar surface area (TPSA) is 129 Å². The molecule has 2 aromatic heterocycles. The molecule has 0 bridgehead atoms. The van der Waals surface area contributed by atoms with E-state index in [4.69, 9.17) is 21.3 Å². The average molecular weight is 619 g/mol. The number of aromatic nitrogens is 6. The summed E-state index contributed by atoms with van der Waals surface area (Å²) in [4.78, 5) is 35.1. The van der Waals surface area contributed by atoms with Crippen LogP contribution in [0, 0.1) is 17.6 Å². The molecule has 0 saturated heterocycles. The van der Waals surface area contributed by atoms with Crippen LogP contribution in [0.2, 0.25) is 5.02 Å². The smallest absolute Gasteiger partial charge is 0.412 e. The zero-order valence-electron chi connectivity index (χ0n) is 23.8. The standard InChI is InChI=1S/C30H25ClF2N8O3/c1-30(2,3)44-29(43)37-20-6-5-16(25(32)26(20)33)14-8-22(34-12-14)27-17-10-18(17)28-36-21(11-24(42)41(27)28)19-9-15(31)4-7-23(19)40-13-35-38-39-40/h4-7,9,11-13,17-18,27H,8,10H2,1-3H3,(H,37,43)/t17-,18+,27-/m0/s1. The number of carbonyl (C=O) groups excluding carboxylic acids is 1. The van der Waals surface area contributed by atoms with Gasteiger partial charge < -0.3 is 4.74 Å². The summed E-state index contributed by atoms with van der Waals surface area (Å²) in [6.07, 6.45) is 3.12. The van der Waals surface area contributed by atoms with Gasteiger partial charge in [0.15, 0.2) is 11.6 Å². The first-order valence-electron chi connectivity index (χ1n) is 13.9. The molecule has 4 aromatic rings. The number of allylic oxidation sites excluding steroid dienone is 1. The van der Waals surface area contributed by atoms with E-state index in [1.165, 1.54) is 35.4 Å². The monoisotopic (exact) mass is 618 g/mol. The Morgan fingerprint density at radius 1 is 1.11 bits per heavy atom. The molecule has 2 aromatic carbocycles. The predicted octanol–water partition coefficient (Wildman–Crippen LogP) is 5.71. The number of fused-ring (bicyclic) bond motifs is 3. The van der Waals surface area contributed by atoms with Crippen LogP contribution < -0.4 is 10.9 Å². The second kappa shape index (κ2) is 10.2. The minimum atomic E-state index is -1.20. The fourth-order valence-corrected chi connectivity index (χ4v) is 6.09. The lowest BCUT2D eigenvalue weighted by atomic mass is 9.97. The highest BCUT2D eigenvalue weighted by Crippen LogP contribution is 2.59. The molecule has 0 spiro atoms. The lowest BCUT2D eigenvalue weighted by Crippen LogP contribution is -2.30. The highest BCUT2D eigenvalue weighted by molar-refractivity contribution is 6.31. The van der Waals surface area contributed by atoms with Gasteiger partial charge in [-0.1, -0.05) is 11.6 Å². The number of hydrogen-bond acceptors (Lipinski definition) is 8. The summed E-state index contributed by atoms with van der Waals surface area (Å²) in [6, 6.07) is 8.96. The van der Waals surface area contributed by atoms with Gasteiger partial charge in [0, 0.05) is 46.5 Å². The number of nitrogens with zero attached hydrogens (tertiary/aromatic N) is 7. The molecular formula is C30H25ClF2N8O3. The first-order valence-corrected chi connectivity index (χ1v) is 14.3. The number of aliphatic imine (C=N–C) groups is 1. The third kappa shape index (κ3) is 4.86. The lowest BCUT2D eigenvalue weighted by Gasteiger charge is -2.20. The molecule has 44 heavy (non-hydrogen) atoms. The van der Waals surface area contributed by atoms with E-state index in [-0.39, 0.29) is 41.1 Å². The minimum Gasteiger partial charge on any atom is -0.444 e. The van der Waals surface area contributed by atoms with E-state index >= 15 is 4.39 Å². The highest BCUT2D eigenvalue weighted by Gasteiger charge is 2.55. The summed E-state index contributed by atoms with van der Waals surface area (Å²) in [5, 5.41) is 14.1. The number of carbonyl (C=O) groups is 1. The van der Waals surface area contributed by atoms with Crippen molar-refractivity contribution in [3.05, 3.63) is 87.3 Å². The molecule has 224 valence electrons. The number of hydrogen-bond donors (Lipinski definition) is 1. The van der Waals surface area contributed by atoms with Crippen LogP contribution >= 0.6 is 11.6 Å². The molecule has 2 aliphatic heterocycles.